The Bertz CT molecular complexity index is 2780. The van der Waals surface area contributed by atoms with Crippen LogP contribution >= 0.6 is 0 Å². The van der Waals surface area contributed by atoms with Gasteiger partial charge in [-0.2, -0.15) is 0 Å². The van der Waals surface area contributed by atoms with Crippen LogP contribution in [0.25, 0.3) is 71.3 Å². The fourth-order valence-electron chi connectivity index (χ4n) is 8.27. The zero-order valence-electron chi connectivity index (χ0n) is 28.1. The van der Waals surface area contributed by atoms with Gasteiger partial charge >= 0.3 is 0 Å². The molecule has 0 saturated heterocycles. The van der Waals surface area contributed by atoms with Gasteiger partial charge in [0.1, 0.15) is 0 Å². The predicted octanol–water partition coefficient (Wildman–Crippen LogP) is 13.0. The van der Waals surface area contributed by atoms with Crippen LogP contribution in [0.15, 0.2) is 188 Å². The van der Waals surface area contributed by atoms with Gasteiger partial charge in [-0.1, -0.05) is 164 Å². The second-order valence-electron chi connectivity index (χ2n) is 13.4. The SMILES string of the molecule is C1=C(c2ccccc2)N(c2ccc3c(-c4ccc5ccccc5n4)c4ccccc4c(-c4cccc5ccccc45)c3c2)C(c2ccccc2)C1. The molecule has 1 atom stereocenters. The van der Waals surface area contributed by atoms with Gasteiger partial charge in [-0.25, -0.2) is 4.98 Å². The smallest absolute Gasteiger partial charge is 0.0722 e. The van der Waals surface area contributed by atoms with Gasteiger partial charge in [0.05, 0.1) is 17.3 Å². The van der Waals surface area contributed by atoms with Crippen LogP contribution in [0.5, 0.6) is 0 Å². The van der Waals surface area contributed by atoms with Crippen molar-refractivity contribution in [3.63, 3.8) is 0 Å². The van der Waals surface area contributed by atoms with Gasteiger partial charge < -0.3 is 4.90 Å². The van der Waals surface area contributed by atoms with Crippen molar-refractivity contribution in [1.82, 2.24) is 4.98 Å². The number of pyridine rings is 1. The van der Waals surface area contributed by atoms with Crippen LogP contribution in [0.4, 0.5) is 5.69 Å². The molecule has 2 nitrogen and oxygen atoms in total. The zero-order chi connectivity index (χ0) is 33.7. The van der Waals surface area contributed by atoms with Gasteiger partial charge in [-0.3, -0.25) is 0 Å². The van der Waals surface area contributed by atoms with E-state index in [1.165, 1.54) is 71.5 Å². The third-order valence-corrected chi connectivity index (χ3v) is 10.6. The molecule has 0 N–H and O–H groups in total. The van der Waals surface area contributed by atoms with Crippen molar-refractivity contribution < 1.29 is 0 Å². The Morgan fingerprint density at radius 2 is 1.12 bits per heavy atom. The van der Waals surface area contributed by atoms with Gasteiger partial charge in [0.2, 0.25) is 0 Å². The molecule has 0 amide bonds. The van der Waals surface area contributed by atoms with E-state index in [0.29, 0.717) is 0 Å². The minimum absolute atomic E-state index is 0.182. The van der Waals surface area contributed by atoms with Crippen LogP contribution in [-0.4, -0.2) is 4.98 Å². The van der Waals surface area contributed by atoms with Gasteiger partial charge in [-0.05, 0) is 85.3 Å². The Morgan fingerprint density at radius 1 is 0.471 bits per heavy atom. The predicted molar refractivity (Wildman–Crippen MR) is 216 cm³/mol. The highest BCUT2D eigenvalue weighted by Crippen LogP contribution is 2.49. The molecule has 240 valence electrons. The van der Waals surface area contributed by atoms with Gasteiger partial charge in [0.15, 0.2) is 0 Å². The molecule has 1 aromatic heterocycles. The van der Waals surface area contributed by atoms with Crippen molar-refractivity contribution in [3.8, 4) is 22.4 Å². The first kappa shape index (κ1) is 29.4. The summed E-state index contributed by atoms with van der Waals surface area (Å²) < 4.78 is 0. The maximum Gasteiger partial charge on any atom is 0.0722 e. The normalized spacial score (nSPS) is 14.5. The molecule has 51 heavy (non-hydrogen) atoms. The Morgan fingerprint density at radius 3 is 1.94 bits per heavy atom. The fraction of sp³-hybridized carbons (Fsp3) is 0.0408. The number of nitrogens with zero attached hydrogens (tertiary/aromatic N) is 2. The monoisotopic (exact) mass is 650 g/mol. The third kappa shape index (κ3) is 4.91. The highest BCUT2D eigenvalue weighted by Gasteiger charge is 2.30. The highest BCUT2D eigenvalue weighted by molar-refractivity contribution is 6.24. The lowest BCUT2D eigenvalue weighted by molar-refractivity contribution is 0.749. The summed E-state index contributed by atoms with van der Waals surface area (Å²) in [5, 5.41) is 8.48. The molecule has 0 spiro atoms. The highest BCUT2D eigenvalue weighted by atomic mass is 15.2. The minimum Gasteiger partial charge on any atom is -0.333 e. The van der Waals surface area contributed by atoms with Crippen molar-refractivity contribution in [1.29, 1.82) is 0 Å². The summed E-state index contributed by atoms with van der Waals surface area (Å²) >= 11 is 0. The molecule has 1 aliphatic rings. The van der Waals surface area contributed by atoms with E-state index in [2.05, 4.69) is 193 Å². The molecular weight excluding hydrogens is 617 g/mol. The molecule has 0 saturated carbocycles. The summed E-state index contributed by atoms with van der Waals surface area (Å²) in [6.45, 7) is 0. The van der Waals surface area contributed by atoms with Crippen LogP contribution in [0.3, 0.4) is 0 Å². The molecule has 10 rings (SSSR count). The lowest BCUT2D eigenvalue weighted by Gasteiger charge is -2.31. The molecule has 1 aliphatic heterocycles. The summed E-state index contributed by atoms with van der Waals surface area (Å²) in [5.41, 5.74) is 10.6. The number of fused-ring (bicyclic) bond motifs is 4. The molecule has 8 aromatic carbocycles. The van der Waals surface area contributed by atoms with E-state index in [0.717, 1.165) is 23.0 Å². The first-order valence-corrected chi connectivity index (χ1v) is 17.7. The second kappa shape index (κ2) is 12.1. The first-order valence-electron chi connectivity index (χ1n) is 17.7. The van der Waals surface area contributed by atoms with Crippen LogP contribution in [0, 0.1) is 0 Å². The van der Waals surface area contributed by atoms with E-state index in [4.69, 9.17) is 4.98 Å². The van der Waals surface area contributed by atoms with Crippen molar-refractivity contribution in [2.45, 2.75) is 12.5 Å². The molecule has 9 aromatic rings. The quantitative estimate of drug-likeness (QED) is 0.172. The van der Waals surface area contributed by atoms with Crippen molar-refractivity contribution in [2.75, 3.05) is 4.90 Å². The molecule has 0 aliphatic carbocycles. The number of para-hydroxylation sites is 1. The number of hydrogen-bond acceptors (Lipinski definition) is 2. The Kier molecular flexibility index (Phi) is 6.99. The number of rotatable bonds is 5. The number of hydrogen-bond donors (Lipinski definition) is 0. The first-order chi connectivity index (χ1) is 25.3. The zero-order valence-corrected chi connectivity index (χ0v) is 28.1. The average Bonchev–Trinajstić information content (AvgIpc) is 3.66. The summed E-state index contributed by atoms with van der Waals surface area (Å²) in [6, 6.07) is 66.2. The average molecular weight is 651 g/mol. The molecule has 0 bridgehead atoms. The fourth-order valence-corrected chi connectivity index (χ4v) is 8.27. The van der Waals surface area contributed by atoms with Crippen LogP contribution in [0.2, 0.25) is 0 Å². The Labute approximate surface area is 297 Å². The van der Waals surface area contributed by atoms with Gasteiger partial charge in [-0.15, -0.1) is 0 Å². The van der Waals surface area contributed by atoms with Crippen LogP contribution in [-0.2, 0) is 0 Å². The van der Waals surface area contributed by atoms with E-state index >= 15 is 0 Å². The topological polar surface area (TPSA) is 16.1 Å². The standard InChI is InChI=1S/C49H34N2/c1-3-16-35(17-4-1)46-30-31-47(36-18-5-2-6-19-36)51(46)37-27-28-42-43(32-37)48(39-24-13-20-33-14-7-9-21-38(33)39)40-22-10-11-23-41(40)49(42)45-29-26-34-15-8-12-25-44(34)50-45/h1-30,32,47H,31H2. The van der Waals surface area contributed by atoms with Crippen molar-refractivity contribution in [2.24, 2.45) is 0 Å². The van der Waals surface area contributed by atoms with Crippen LogP contribution < -0.4 is 4.90 Å². The maximum atomic E-state index is 5.28. The van der Waals surface area contributed by atoms with E-state index in [1.54, 1.807) is 0 Å². The number of benzene rings is 8. The molecule has 0 fully saturated rings. The number of aromatic nitrogens is 1. The molecular formula is C49H34N2. The summed E-state index contributed by atoms with van der Waals surface area (Å²) in [6.07, 6.45) is 3.35. The van der Waals surface area contributed by atoms with Crippen molar-refractivity contribution >= 4 is 54.6 Å². The molecule has 2 heteroatoms. The van der Waals surface area contributed by atoms with Crippen LogP contribution in [0.1, 0.15) is 23.6 Å². The summed E-state index contributed by atoms with van der Waals surface area (Å²) in [5.74, 6) is 0. The van der Waals surface area contributed by atoms with E-state index in [-0.39, 0.29) is 6.04 Å². The Balaban J connectivity index is 1.30. The lowest BCUT2D eigenvalue weighted by atomic mass is 9.85. The largest absolute Gasteiger partial charge is 0.333 e. The Hall–Kier alpha value is -6.51. The van der Waals surface area contributed by atoms with Gasteiger partial charge in [0.25, 0.3) is 0 Å². The summed E-state index contributed by atoms with van der Waals surface area (Å²) in [7, 11) is 0. The van der Waals surface area contributed by atoms with Crippen molar-refractivity contribution in [3.05, 3.63) is 199 Å². The number of anilines is 1. The van der Waals surface area contributed by atoms with Gasteiger partial charge in [0, 0.05) is 22.3 Å². The molecule has 1 unspecified atom stereocenters. The van der Waals surface area contributed by atoms with E-state index < -0.39 is 0 Å². The lowest BCUT2D eigenvalue weighted by Crippen LogP contribution is -2.22. The van der Waals surface area contributed by atoms with E-state index in [1.807, 2.05) is 0 Å². The van der Waals surface area contributed by atoms with E-state index in [9.17, 15) is 0 Å². The summed E-state index contributed by atoms with van der Waals surface area (Å²) in [4.78, 5) is 7.84. The molecule has 2 heterocycles. The maximum absolute atomic E-state index is 5.28. The molecule has 0 radical (unpaired) electrons. The second-order valence-corrected chi connectivity index (χ2v) is 13.4. The third-order valence-electron chi connectivity index (χ3n) is 10.6. The minimum atomic E-state index is 0.182.